The highest BCUT2D eigenvalue weighted by molar-refractivity contribution is 7.46. The van der Waals surface area contributed by atoms with Crippen LogP contribution in [0.4, 0.5) is 0 Å². The molecule has 0 saturated carbocycles. The average molecular weight is 133 g/mol. The Morgan fingerprint density at radius 3 is 2.88 bits per heavy atom. The molecule has 0 saturated heterocycles. The second-order valence-corrected chi connectivity index (χ2v) is 2.18. The van der Waals surface area contributed by atoms with Crippen molar-refractivity contribution in [3.8, 4) is 0 Å². The van der Waals surface area contributed by atoms with E-state index in [1.54, 1.807) is 0 Å². The summed E-state index contributed by atoms with van der Waals surface area (Å²) < 4.78 is 14.6. The van der Waals surface area contributed by atoms with E-state index in [1.165, 1.54) is 12.5 Å². The van der Waals surface area contributed by atoms with Crippen molar-refractivity contribution in [1.29, 1.82) is 0 Å². The summed E-state index contributed by atoms with van der Waals surface area (Å²) in [6.45, 7) is 0. The summed E-state index contributed by atoms with van der Waals surface area (Å²) in [7, 11) is -2.70. The summed E-state index contributed by atoms with van der Waals surface area (Å²) in [5.74, 6) is 0. The van der Waals surface area contributed by atoms with Crippen molar-refractivity contribution in [2.45, 2.75) is 0 Å². The molecule has 1 aromatic rings. The molecule has 0 aliphatic rings. The summed E-state index contributed by atoms with van der Waals surface area (Å²) in [6, 6.07) is 0. The number of aromatic nitrogens is 1. The zero-order valence-corrected chi connectivity index (χ0v) is 4.87. The van der Waals surface area contributed by atoms with Crippen molar-refractivity contribution in [3.05, 3.63) is 12.5 Å². The van der Waals surface area contributed by atoms with Gasteiger partial charge in [-0.25, -0.2) is 4.98 Å². The van der Waals surface area contributed by atoms with Gasteiger partial charge in [0.1, 0.15) is 6.26 Å². The summed E-state index contributed by atoms with van der Waals surface area (Å²) in [5.41, 5.74) is -0.0880. The lowest BCUT2D eigenvalue weighted by molar-refractivity contribution is 0.495. The van der Waals surface area contributed by atoms with E-state index < -0.39 is 8.03 Å². The molecular weight excluding hydrogens is 129 g/mol. The Bertz CT molecular complexity index is 182. The SMILES string of the molecule is O=[PH](O)c1ncco1. The first kappa shape index (κ1) is 5.54. The van der Waals surface area contributed by atoms with Crippen LogP contribution in [0, 0.1) is 0 Å². The number of rotatable bonds is 1. The van der Waals surface area contributed by atoms with Crippen molar-refractivity contribution in [2.75, 3.05) is 0 Å². The summed E-state index contributed by atoms with van der Waals surface area (Å²) in [6.07, 6.45) is 2.59. The third kappa shape index (κ3) is 0.967. The fraction of sp³-hybridized carbons (Fsp3) is 0. The van der Waals surface area contributed by atoms with Crippen molar-refractivity contribution in [1.82, 2.24) is 4.98 Å². The largest absolute Gasteiger partial charge is 0.441 e. The Labute approximate surface area is 46.0 Å². The first-order chi connectivity index (χ1) is 3.80. The predicted octanol–water partition coefficient (Wildman–Crippen LogP) is -0.233. The van der Waals surface area contributed by atoms with Crippen molar-refractivity contribution in [2.24, 2.45) is 0 Å². The van der Waals surface area contributed by atoms with E-state index in [4.69, 9.17) is 4.89 Å². The van der Waals surface area contributed by atoms with E-state index >= 15 is 0 Å². The zero-order chi connectivity index (χ0) is 5.98. The molecule has 1 aromatic heterocycles. The molecule has 0 amide bonds. The Morgan fingerprint density at radius 1 is 1.88 bits per heavy atom. The predicted molar refractivity (Wildman–Crippen MR) is 27.4 cm³/mol. The van der Waals surface area contributed by atoms with Gasteiger partial charge in [0, 0.05) is 0 Å². The lowest BCUT2D eigenvalue weighted by Gasteiger charge is -1.79. The molecule has 0 bridgehead atoms. The second-order valence-electron chi connectivity index (χ2n) is 1.14. The number of nitrogens with zero attached hydrogens (tertiary/aromatic N) is 1. The van der Waals surface area contributed by atoms with E-state index in [0.29, 0.717) is 0 Å². The van der Waals surface area contributed by atoms with Crippen molar-refractivity contribution in [3.63, 3.8) is 0 Å². The summed E-state index contributed by atoms with van der Waals surface area (Å²) in [5, 5.41) is 0. The van der Waals surface area contributed by atoms with E-state index in [-0.39, 0.29) is 5.63 Å². The molecule has 0 aromatic carbocycles. The minimum absolute atomic E-state index is 0.0880. The first-order valence-electron chi connectivity index (χ1n) is 1.93. The molecule has 0 aliphatic heterocycles. The maximum Gasteiger partial charge on any atom is 0.279 e. The highest BCUT2D eigenvalue weighted by Crippen LogP contribution is 2.08. The molecule has 0 radical (unpaired) electrons. The Morgan fingerprint density at radius 2 is 2.62 bits per heavy atom. The molecule has 0 spiro atoms. The van der Waals surface area contributed by atoms with Crippen LogP contribution in [0.15, 0.2) is 16.9 Å². The fourth-order valence-electron chi connectivity index (χ4n) is 0.329. The normalized spacial score (nSPS) is 13.6. The van der Waals surface area contributed by atoms with Crippen LogP contribution >= 0.6 is 8.03 Å². The van der Waals surface area contributed by atoms with E-state index in [0.717, 1.165) is 0 Å². The van der Waals surface area contributed by atoms with E-state index in [2.05, 4.69) is 9.40 Å². The van der Waals surface area contributed by atoms with Gasteiger partial charge in [-0.15, -0.1) is 0 Å². The smallest absolute Gasteiger partial charge is 0.279 e. The van der Waals surface area contributed by atoms with Crippen LogP contribution in [0.25, 0.3) is 0 Å². The van der Waals surface area contributed by atoms with Crippen molar-refractivity contribution < 1.29 is 13.9 Å². The molecule has 1 unspecified atom stereocenters. The molecule has 0 fully saturated rings. The third-order valence-electron chi connectivity index (χ3n) is 0.615. The summed E-state index contributed by atoms with van der Waals surface area (Å²) in [4.78, 5) is 11.7. The van der Waals surface area contributed by atoms with Crippen LogP contribution in [0.3, 0.4) is 0 Å². The standard InChI is InChI=1S/C3H4NO3P/c5-8(6)3-4-1-2-7-3/h1-2,8H,(H,5,6). The monoisotopic (exact) mass is 133 g/mol. The lowest BCUT2D eigenvalue weighted by Crippen LogP contribution is -1.92. The van der Waals surface area contributed by atoms with E-state index in [1.807, 2.05) is 0 Å². The third-order valence-corrected chi connectivity index (χ3v) is 1.23. The van der Waals surface area contributed by atoms with Crippen LogP contribution in [-0.2, 0) is 4.57 Å². The van der Waals surface area contributed by atoms with Crippen LogP contribution < -0.4 is 5.63 Å². The molecule has 0 aliphatic carbocycles. The maximum absolute atomic E-state index is 10.1. The molecule has 4 nitrogen and oxygen atoms in total. The van der Waals surface area contributed by atoms with Gasteiger partial charge in [-0.2, -0.15) is 0 Å². The highest BCUT2D eigenvalue weighted by atomic mass is 31.1. The molecule has 5 heteroatoms. The molecule has 1 N–H and O–H groups in total. The fourth-order valence-corrected chi connectivity index (χ4v) is 0.683. The van der Waals surface area contributed by atoms with Gasteiger partial charge in [-0.3, -0.25) is 4.57 Å². The van der Waals surface area contributed by atoms with Gasteiger partial charge in [0.2, 0.25) is 0 Å². The zero-order valence-electron chi connectivity index (χ0n) is 3.87. The van der Waals surface area contributed by atoms with Gasteiger partial charge in [0.05, 0.1) is 6.20 Å². The van der Waals surface area contributed by atoms with Crippen LogP contribution in [0.2, 0.25) is 0 Å². The summed E-state index contributed by atoms with van der Waals surface area (Å²) >= 11 is 0. The topological polar surface area (TPSA) is 63.3 Å². The average Bonchev–Trinajstić information content (AvgIpc) is 2.12. The number of oxazole rings is 1. The molecule has 44 valence electrons. The van der Waals surface area contributed by atoms with Gasteiger partial charge in [0.25, 0.3) is 13.7 Å². The van der Waals surface area contributed by atoms with E-state index in [9.17, 15) is 4.57 Å². The Kier molecular flexibility index (Phi) is 1.46. The first-order valence-corrected chi connectivity index (χ1v) is 3.29. The molecule has 1 rings (SSSR count). The van der Waals surface area contributed by atoms with Crippen LogP contribution in [-0.4, -0.2) is 9.88 Å². The molecule has 8 heavy (non-hydrogen) atoms. The maximum atomic E-state index is 10.1. The lowest BCUT2D eigenvalue weighted by atomic mass is 11.0. The minimum atomic E-state index is -2.70. The minimum Gasteiger partial charge on any atom is -0.441 e. The highest BCUT2D eigenvalue weighted by Gasteiger charge is 2.00. The quantitative estimate of drug-likeness (QED) is 0.537. The van der Waals surface area contributed by atoms with Crippen LogP contribution in [0.5, 0.6) is 0 Å². The number of hydrogen-bond donors (Lipinski definition) is 1. The van der Waals surface area contributed by atoms with Gasteiger partial charge in [-0.05, 0) is 0 Å². The Balaban J connectivity index is 2.93. The van der Waals surface area contributed by atoms with Gasteiger partial charge in [0.15, 0.2) is 0 Å². The number of hydrogen-bond acceptors (Lipinski definition) is 3. The van der Waals surface area contributed by atoms with Crippen LogP contribution in [0.1, 0.15) is 0 Å². The molecular formula is C3H4NO3P. The molecule has 1 heterocycles. The van der Waals surface area contributed by atoms with Crippen molar-refractivity contribution >= 4 is 13.7 Å². The Hall–Kier alpha value is -0.600. The molecule has 1 atom stereocenters. The van der Waals surface area contributed by atoms with Gasteiger partial charge < -0.3 is 9.31 Å². The second kappa shape index (κ2) is 2.11. The van der Waals surface area contributed by atoms with Gasteiger partial charge >= 0.3 is 0 Å². The van der Waals surface area contributed by atoms with Gasteiger partial charge in [-0.1, -0.05) is 0 Å².